The van der Waals surface area contributed by atoms with E-state index in [-0.39, 0.29) is 12.1 Å². The highest BCUT2D eigenvalue weighted by Gasteiger charge is 2.29. The number of nitrogens with zero attached hydrogens (tertiary/aromatic N) is 1. The molecule has 0 bridgehead atoms. The van der Waals surface area contributed by atoms with Crippen molar-refractivity contribution in [2.45, 2.75) is 31.2 Å². The lowest BCUT2D eigenvalue weighted by atomic mass is 10.0. The van der Waals surface area contributed by atoms with E-state index in [2.05, 4.69) is 0 Å². The molecule has 62 valence electrons. The van der Waals surface area contributed by atoms with Gasteiger partial charge in [-0.15, -0.1) is 0 Å². The third-order valence-electron chi connectivity index (χ3n) is 2.16. The Morgan fingerprint density at radius 2 is 2.09 bits per heavy atom. The largest absolute Gasteiger partial charge is 0.365 e. The summed E-state index contributed by atoms with van der Waals surface area (Å²) in [6.45, 7) is 0.708. The van der Waals surface area contributed by atoms with Crippen LogP contribution in [0.3, 0.4) is 0 Å². The average molecular weight is 154 g/mol. The Balaban J connectivity index is 2.19. The molecule has 0 aliphatic heterocycles. The molecule has 1 aliphatic carbocycles. The summed E-state index contributed by atoms with van der Waals surface area (Å²) in [6.07, 6.45) is 4.48. The van der Waals surface area contributed by atoms with Crippen molar-refractivity contribution in [1.29, 1.82) is 5.26 Å². The molecule has 1 rings (SSSR count). The number of hydrogen-bond donors (Lipinski definition) is 1. The highest BCUT2D eigenvalue weighted by Crippen LogP contribution is 2.26. The van der Waals surface area contributed by atoms with Gasteiger partial charge in [0.05, 0.1) is 12.7 Å². The zero-order valence-electron chi connectivity index (χ0n) is 6.68. The fourth-order valence-corrected chi connectivity index (χ4v) is 1.52. The summed E-state index contributed by atoms with van der Waals surface area (Å²) in [5.74, 6) is 0. The second kappa shape index (κ2) is 3.70. The van der Waals surface area contributed by atoms with Gasteiger partial charge in [0.1, 0.15) is 6.61 Å². The topological polar surface area (TPSA) is 59.0 Å². The van der Waals surface area contributed by atoms with E-state index in [1.807, 2.05) is 6.07 Å². The maximum absolute atomic E-state index is 8.21. The molecule has 0 amide bonds. The molecule has 0 spiro atoms. The molecule has 0 saturated heterocycles. The van der Waals surface area contributed by atoms with Crippen molar-refractivity contribution in [3.63, 3.8) is 0 Å². The van der Waals surface area contributed by atoms with Crippen LogP contribution >= 0.6 is 0 Å². The van der Waals surface area contributed by atoms with E-state index in [1.54, 1.807) is 0 Å². The highest BCUT2D eigenvalue weighted by molar-refractivity contribution is 4.89. The Labute approximate surface area is 67.1 Å². The van der Waals surface area contributed by atoms with E-state index < -0.39 is 0 Å². The summed E-state index contributed by atoms with van der Waals surface area (Å²) in [7, 11) is 0. The fraction of sp³-hybridized carbons (Fsp3) is 0.875. The van der Waals surface area contributed by atoms with Gasteiger partial charge in [0.25, 0.3) is 0 Å². The third-order valence-corrected chi connectivity index (χ3v) is 2.16. The van der Waals surface area contributed by atoms with Crippen LogP contribution in [0.4, 0.5) is 0 Å². The molecule has 0 heterocycles. The van der Waals surface area contributed by atoms with Crippen molar-refractivity contribution in [2.75, 3.05) is 13.2 Å². The van der Waals surface area contributed by atoms with Gasteiger partial charge in [-0.1, -0.05) is 12.8 Å². The summed E-state index contributed by atoms with van der Waals surface area (Å²) >= 11 is 0. The van der Waals surface area contributed by atoms with Gasteiger partial charge in [-0.3, -0.25) is 0 Å². The standard InChI is InChI=1S/C8H14N2O/c9-5-6-11-7-8(10)3-1-2-4-8/h1-4,6-7,10H2. The number of rotatable bonds is 3. The van der Waals surface area contributed by atoms with Crippen LogP contribution in [0.1, 0.15) is 25.7 Å². The number of ether oxygens (including phenoxy) is 1. The molecule has 0 unspecified atom stereocenters. The first kappa shape index (κ1) is 8.51. The quantitative estimate of drug-likeness (QED) is 0.611. The second-order valence-corrected chi connectivity index (χ2v) is 3.22. The molecule has 3 nitrogen and oxygen atoms in total. The van der Waals surface area contributed by atoms with E-state index in [1.165, 1.54) is 12.8 Å². The van der Waals surface area contributed by atoms with Crippen LogP contribution in [0.5, 0.6) is 0 Å². The van der Waals surface area contributed by atoms with Crippen molar-refractivity contribution in [3.05, 3.63) is 0 Å². The maximum Gasteiger partial charge on any atom is 0.133 e. The van der Waals surface area contributed by atoms with E-state index in [4.69, 9.17) is 15.7 Å². The summed E-state index contributed by atoms with van der Waals surface area (Å²) in [4.78, 5) is 0. The van der Waals surface area contributed by atoms with E-state index in [0.29, 0.717) is 6.61 Å². The minimum atomic E-state index is -0.128. The van der Waals surface area contributed by atoms with E-state index >= 15 is 0 Å². The maximum atomic E-state index is 8.21. The monoisotopic (exact) mass is 154 g/mol. The molecule has 1 saturated carbocycles. The summed E-state index contributed by atoms with van der Waals surface area (Å²) in [5, 5.41) is 8.21. The van der Waals surface area contributed by atoms with Gasteiger partial charge in [-0.05, 0) is 12.8 Å². The van der Waals surface area contributed by atoms with Gasteiger partial charge in [0.2, 0.25) is 0 Å². The van der Waals surface area contributed by atoms with Crippen LogP contribution in [-0.2, 0) is 4.74 Å². The van der Waals surface area contributed by atoms with Crippen LogP contribution in [-0.4, -0.2) is 18.8 Å². The van der Waals surface area contributed by atoms with Gasteiger partial charge in [-0.2, -0.15) is 5.26 Å². The molecule has 0 atom stereocenters. The van der Waals surface area contributed by atoms with Crippen LogP contribution < -0.4 is 5.73 Å². The summed E-state index contributed by atoms with van der Waals surface area (Å²) in [5.41, 5.74) is 5.84. The summed E-state index contributed by atoms with van der Waals surface area (Å²) in [6, 6.07) is 1.93. The van der Waals surface area contributed by atoms with Crippen molar-refractivity contribution in [1.82, 2.24) is 0 Å². The first-order chi connectivity index (χ1) is 5.27. The van der Waals surface area contributed by atoms with Crippen molar-refractivity contribution in [3.8, 4) is 6.07 Å². The van der Waals surface area contributed by atoms with Crippen LogP contribution in [0, 0.1) is 11.3 Å². The Hall–Kier alpha value is -0.590. The lowest BCUT2D eigenvalue weighted by Gasteiger charge is -2.21. The van der Waals surface area contributed by atoms with Gasteiger partial charge in [0, 0.05) is 5.54 Å². The normalized spacial score (nSPS) is 21.5. The average Bonchev–Trinajstić information content (AvgIpc) is 2.38. The zero-order valence-corrected chi connectivity index (χ0v) is 6.68. The molecule has 1 fully saturated rings. The van der Waals surface area contributed by atoms with Gasteiger partial charge >= 0.3 is 0 Å². The molecule has 0 aromatic carbocycles. The molecule has 11 heavy (non-hydrogen) atoms. The molecular formula is C8H14N2O. The Morgan fingerprint density at radius 1 is 1.45 bits per heavy atom. The first-order valence-electron chi connectivity index (χ1n) is 4.00. The van der Waals surface area contributed by atoms with Gasteiger partial charge in [0.15, 0.2) is 0 Å². The van der Waals surface area contributed by atoms with Crippen LogP contribution in [0.2, 0.25) is 0 Å². The Morgan fingerprint density at radius 3 is 2.64 bits per heavy atom. The lowest BCUT2D eigenvalue weighted by molar-refractivity contribution is 0.111. The smallest absolute Gasteiger partial charge is 0.133 e. The number of nitriles is 1. The number of nitrogens with two attached hydrogens (primary N) is 1. The first-order valence-corrected chi connectivity index (χ1v) is 4.00. The molecule has 0 radical (unpaired) electrons. The van der Waals surface area contributed by atoms with Gasteiger partial charge < -0.3 is 10.5 Å². The van der Waals surface area contributed by atoms with Crippen LogP contribution in [0.15, 0.2) is 0 Å². The zero-order chi connectivity index (χ0) is 8.16. The van der Waals surface area contributed by atoms with Crippen molar-refractivity contribution in [2.24, 2.45) is 5.73 Å². The van der Waals surface area contributed by atoms with E-state index in [9.17, 15) is 0 Å². The molecule has 2 N–H and O–H groups in total. The summed E-state index contributed by atoms with van der Waals surface area (Å²) < 4.78 is 5.08. The minimum Gasteiger partial charge on any atom is -0.365 e. The number of hydrogen-bond acceptors (Lipinski definition) is 3. The second-order valence-electron chi connectivity index (χ2n) is 3.22. The Bertz CT molecular complexity index is 156. The minimum absolute atomic E-state index is 0.128. The highest BCUT2D eigenvalue weighted by atomic mass is 16.5. The Kier molecular flexibility index (Phi) is 2.86. The predicted molar refractivity (Wildman–Crippen MR) is 41.8 cm³/mol. The molecule has 0 aromatic rings. The molecular weight excluding hydrogens is 140 g/mol. The lowest BCUT2D eigenvalue weighted by Crippen LogP contribution is -2.41. The molecule has 0 aromatic heterocycles. The predicted octanol–water partition coefficient (Wildman–Crippen LogP) is 0.798. The van der Waals surface area contributed by atoms with Gasteiger partial charge in [-0.25, -0.2) is 0 Å². The molecule has 3 heteroatoms. The fourth-order valence-electron chi connectivity index (χ4n) is 1.52. The SMILES string of the molecule is N#CCOCC1(N)CCCC1. The van der Waals surface area contributed by atoms with E-state index in [0.717, 1.165) is 12.8 Å². The van der Waals surface area contributed by atoms with Crippen LogP contribution in [0.25, 0.3) is 0 Å². The van der Waals surface area contributed by atoms with Crippen molar-refractivity contribution >= 4 is 0 Å². The van der Waals surface area contributed by atoms with Crippen molar-refractivity contribution < 1.29 is 4.74 Å². The molecule has 1 aliphatic rings. The third kappa shape index (κ3) is 2.49.